The van der Waals surface area contributed by atoms with Gasteiger partial charge in [0, 0.05) is 12.5 Å². The van der Waals surface area contributed by atoms with Crippen molar-refractivity contribution in [2.75, 3.05) is 0 Å². The summed E-state index contributed by atoms with van der Waals surface area (Å²) in [6.45, 7) is 4.03. The second-order valence-corrected chi connectivity index (χ2v) is 5.11. The number of nitrogens with two attached hydrogens (primary N) is 1. The van der Waals surface area contributed by atoms with Crippen molar-refractivity contribution in [1.29, 1.82) is 0 Å². The summed E-state index contributed by atoms with van der Waals surface area (Å²) in [5.41, 5.74) is 8.25. The lowest BCUT2D eigenvalue weighted by Crippen LogP contribution is -2.34. The van der Waals surface area contributed by atoms with Gasteiger partial charge < -0.3 is 11.1 Å². The molecule has 1 aromatic carbocycles. The van der Waals surface area contributed by atoms with Crippen LogP contribution < -0.4 is 11.1 Å². The summed E-state index contributed by atoms with van der Waals surface area (Å²) in [6.07, 6.45) is 1.44. The molecule has 0 saturated carbocycles. The largest absolute Gasteiger partial charge is 0.349 e. The Balaban J connectivity index is 0.00000162. The van der Waals surface area contributed by atoms with Crippen molar-refractivity contribution in [2.24, 2.45) is 11.7 Å². The maximum atomic E-state index is 11.8. The molecule has 1 amide bonds. The summed E-state index contributed by atoms with van der Waals surface area (Å²) in [5, 5.41) is 3.10. The van der Waals surface area contributed by atoms with Gasteiger partial charge in [-0.15, -0.1) is 12.4 Å². The molecule has 3 unspecified atom stereocenters. The molecule has 1 aromatic rings. The van der Waals surface area contributed by atoms with Crippen LogP contribution in [0.15, 0.2) is 24.3 Å². The number of fused-ring (bicyclic) bond motifs is 1. The van der Waals surface area contributed by atoms with Gasteiger partial charge in [0.25, 0.3) is 0 Å². The SMILES string of the molecule is CC(N)CC(=O)NC1c2ccccc2CC1C.Cl. The predicted octanol–water partition coefficient (Wildman–Crippen LogP) is 2.20. The molecule has 3 N–H and O–H groups in total. The van der Waals surface area contributed by atoms with Gasteiger partial charge in [0.1, 0.15) is 0 Å². The molecule has 0 spiro atoms. The third-order valence-corrected chi connectivity index (χ3v) is 3.32. The fourth-order valence-electron chi connectivity index (χ4n) is 2.54. The number of rotatable bonds is 3. The molecule has 0 saturated heterocycles. The van der Waals surface area contributed by atoms with Gasteiger partial charge in [-0.3, -0.25) is 4.79 Å². The molecule has 100 valence electrons. The predicted molar refractivity (Wildman–Crippen MR) is 75.7 cm³/mol. The minimum Gasteiger partial charge on any atom is -0.349 e. The number of nitrogens with one attached hydrogen (secondary N) is 1. The van der Waals surface area contributed by atoms with E-state index in [-0.39, 0.29) is 30.4 Å². The smallest absolute Gasteiger partial charge is 0.222 e. The second kappa shape index (κ2) is 6.21. The molecule has 0 heterocycles. The van der Waals surface area contributed by atoms with E-state index in [2.05, 4.69) is 30.4 Å². The van der Waals surface area contributed by atoms with Gasteiger partial charge in [0.15, 0.2) is 0 Å². The summed E-state index contributed by atoms with van der Waals surface area (Å²) < 4.78 is 0. The van der Waals surface area contributed by atoms with E-state index in [1.807, 2.05) is 13.0 Å². The lowest BCUT2D eigenvalue weighted by Gasteiger charge is -2.19. The van der Waals surface area contributed by atoms with Crippen molar-refractivity contribution in [1.82, 2.24) is 5.32 Å². The van der Waals surface area contributed by atoms with Crippen molar-refractivity contribution < 1.29 is 4.79 Å². The standard InChI is InChI=1S/C14H20N2O.ClH/c1-9-7-11-5-3-4-6-12(11)14(9)16-13(17)8-10(2)15;/h3-6,9-10,14H,7-8,15H2,1-2H3,(H,16,17);1H. The molecule has 0 aliphatic heterocycles. The molecule has 18 heavy (non-hydrogen) atoms. The third-order valence-electron chi connectivity index (χ3n) is 3.32. The number of benzene rings is 1. The first-order chi connectivity index (χ1) is 8.08. The molecule has 3 nitrogen and oxygen atoms in total. The molecule has 2 rings (SSSR count). The molecule has 1 aliphatic rings. The Hall–Kier alpha value is -1.06. The topological polar surface area (TPSA) is 55.1 Å². The van der Waals surface area contributed by atoms with Gasteiger partial charge in [0.05, 0.1) is 6.04 Å². The number of carbonyl (C=O) groups is 1. The van der Waals surface area contributed by atoms with E-state index in [0.717, 1.165) is 6.42 Å². The van der Waals surface area contributed by atoms with Crippen LogP contribution in [0.5, 0.6) is 0 Å². The summed E-state index contributed by atoms with van der Waals surface area (Å²) in [4.78, 5) is 11.8. The number of halogens is 1. The highest BCUT2D eigenvalue weighted by Gasteiger charge is 2.29. The molecule has 3 atom stereocenters. The highest BCUT2D eigenvalue weighted by atomic mass is 35.5. The van der Waals surface area contributed by atoms with Gasteiger partial charge >= 0.3 is 0 Å². The van der Waals surface area contributed by atoms with Crippen molar-refractivity contribution in [3.8, 4) is 0 Å². The molecular weight excluding hydrogens is 248 g/mol. The Bertz CT molecular complexity index is 420. The normalized spacial score (nSPS) is 22.8. The zero-order chi connectivity index (χ0) is 12.4. The van der Waals surface area contributed by atoms with Crippen LogP contribution in [0.2, 0.25) is 0 Å². The fraction of sp³-hybridized carbons (Fsp3) is 0.500. The molecule has 1 aliphatic carbocycles. The molecule has 0 aromatic heterocycles. The van der Waals surface area contributed by atoms with E-state index >= 15 is 0 Å². The van der Waals surface area contributed by atoms with Crippen molar-refractivity contribution in [2.45, 2.75) is 38.8 Å². The monoisotopic (exact) mass is 268 g/mol. The van der Waals surface area contributed by atoms with Gasteiger partial charge in [0.2, 0.25) is 5.91 Å². The number of amides is 1. The lowest BCUT2D eigenvalue weighted by molar-refractivity contribution is -0.122. The zero-order valence-corrected chi connectivity index (χ0v) is 11.7. The Morgan fingerprint density at radius 2 is 2.17 bits per heavy atom. The van der Waals surface area contributed by atoms with Crippen LogP contribution >= 0.6 is 12.4 Å². The van der Waals surface area contributed by atoms with Crippen molar-refractivity contribution >= 4 is 18.3 Å². The minimum absolute atomic E-state index is 0. The van der Waals surface area contributed by atoms with Gasteiger partial charge in [-0.05, 0) is 30.4 Å². The molecule has 0 radical (unpaired) electrons. The molecule has 0 fully saturated rings. The maximum absolute atomic E-state index is 11.8. The quantitative estimate of drug-likeness (QED) is 0.883. The Labute approximate surface area is 115 Å². The average molecular weight is 269 g/mol. The first-order valence-corrected chi connectivity index (χ1v) is 6.20. The highest BCUT2D eigenvalue weighted by molar-refractivity contribution is 5.85. The van der Waals surface area contributed by atoms with Gasteiger partial charge in [-0.25, -0.2) is 0 Å². The zero-order valence-electron chi connectivity index (χ0n) is 10.8. The summed E-state index contributed by atoms with van der Waals surface area (Å²) in [6, 6.07) is 8.40. The number of hydrogen-bond donors (Lipinski definition) is 2. The Kier molecular flexibility index (Phi) is 5.17. The fourth-order valence-corrected chi connectivity index (χ4v) is 2.54. The number of hydrogen-bond acceptors (Lipinski definition) is 2. The molecule has 4 heteroatoms. The first-order valence-electron chi connectivity index (χ1n) is 6.20. The van der Waals surface area contributed by atoms with E-state index in [1.165, 1.54) is 11.1 Å². The second-order valence-electron chi connectivity index (χ2n) is 5.11. The van der Waals surface area contributed by atoms with E-state index in [1.54, 1.807) is 0 Å². The lowest BCUT2D eigenvalue weighted by atomic mass is 10.0. The van der Waals surface area contributed by atoms with Crippen LogP contribution in [0.3, 0.4) is 0 Å². The van der Waals surface area contributed by atoms with E-state index in [0.29, 0.717) is 12.3 Å². The van der Waals surface area contributed by atoms with E-state index in [4.69, 9.17) is 5.73 Å². The van der Waals surface area contributed by atoms with Crippen molar-refractivity contribution in [3.63, 3.8) is 0 Å². The Morgan fingerprint density at radius 3 is 2.83 bits per heavy atom. The molecule has 0 bridgehead atoms. The van der Waals surface area contributed by atoms with Crippen LogP contribution in [-0.2, 0) is 11.2 Å². The van der Waals surface area contributed by atoms with Crippen LogP contribution in [-0.4, -0.2) is 11.9 Å². The molecular formula is C14H21ClN2O. The van der Waals surface area contributed by atoms with E-state index in [9.17, 15) is 4.79 Å². The average Bonchev–Trinajstić information content (AvgIpc) is 2.55. The Morgan fingerprint density at radius 1 is 1.50 bits per heavy atom. The summed E-state index contributed by atoms with van der Waals surface area (Å²) >= 11 is 0. The van der Waals surface area contributed by atoms with Crippen LogP contribution in [0.25, 0.3) is 0 Å². The van der Waals surface area contributed by atoms with E-state index < -0.39 is 0 Å². The first kappa shape index (κ1) is 15.0. The highest BCUT2D eigenvalue weighted by Crippen LogP contribution is 2.35. The summed E-state index contributed by atoms with van der Waals surface area (Å²) in [5.74, 6) is 0.512. The maximum Gasteiger partial charge on any atom is 0.222 e. The van der Waals surface area contributed by atoms with Crippen LogP contribution in [0.4, 0.5) is 0 Å². The number of carbonyl (C=O) groups excluding carboxylic acids is 1. The minimum atomic E-state index is -0.0815. The van der Waals surface area contributed by atoms with Crippen LogP contribution in [0, 0.1) is 5.92 Å². The van der Waals surface area contributed by atoms with Gasteiger partial charge in [-0.2, -0.15) is 0 Å². The van der Waals surface area contributed by atoms with Crippen molar-refractivity contribution in [3.05, 3.63) is 35.4 Å². The van der Waals surface area contributed by atoms with Crippen LogP contribution in [0.1, 0.15) is 37.4 Å². The third kappa shape index (κ3) is 3.24. The van der Waals surface area contributed by atoms with Gasteiger partial charge in [-0.1, -0.05) is 31.2 Å². The summed E-state index contributed by atoms with van der Waals surface area (Å²) in [7, 11) is 0.